The minimum absolute atomic E-state index is 0.0340. The standard InChI is InChI=1S/C20H29FIN3O2S2/c1-18(2,3)28(26)25-20(6,16-11-14(22)7-10-17(16)21)13-29(27,19(4,5)12-23)24-15-8-9-15/h7,10-11,15,25H,8-9,13H2,1-6H3/t20-,28+,29?/m0/s1. The van der Waals surface area contributed by atoms with E-state index in [-0.39, 0.29) is 17.4 Å². The van der Waals surface area contributed by atoms with Crippen LogP contribution in [0.3, 0.4) is 0 Å². The normalized spacial score (nSPS) is 20.2. The molecule has 1 fully saturated rings. The van der Waals surface area contributed by atoms with Crippen LogP contribution in [0.2, 0.25) is 0 Å². The molecule has 1 aromatic carbocycles. The van der Waals surface area contributed by atoms with Crippen molar-refractivity contribution in [3.05, 3.63) is 33.1 Å². The lowest BCUT2D eigenvalue weighted by atomic mass is 9.95. The SMILES string of the molecule is CC(C)(C)[S@@](=O)N[C@@](C)(CS(=O)(=NC1CC1)C(C)(C)C#N)c1cc(I)ccc1F. The van der Waals surface area contributed by atoms with Crippen LogP contribution in [-0.4, -0.2) is 29.7 Å². The van der Waals surface area contributed by atoms with Crippen molar-refractivity contribution in [2.45, 2.75) is 75.5 Å². The molecule has 9 heteroatoms. The molecule has 0 heterocycles. The van der Waals surface area contributed by atoms with Crippen LogP contribution in [0, 0.1) is 20.7 Å². The Balaban J connectivity index is 2.67. The minimum Gasteiger partial charge on any atom is -0.248 e. The maximum absolute atomic E-state index is 14.9. The first kappa shape index (κ1) is 24.7. The number of benzene rings is 1. The topological polar surface area (TPSA) is 82.3 Å². The highest BCUT2D eigenvalue weighted by Crippen LogP contribution is 2.36. The molecule has 1 aliphatic rings. The first-order chi connectivity index (χ1) is 13.1. The van der Waals surface area contributed by atoms with Gasteiger partial charge in [0.15, 0.2) is 0 Å². The Hall–Kier alpha value is -0.570. The van der Waals surface area contributed by atoms with Gasteiger partial charge in [0.05, 0.1) is 48.9 Å². The first-order valence-electron chi connectivity index (χ1n) is 9.43. The fourth-order valence-corrected chi connectivity index (χ4v) is 6.70. The molecular formula is C20H29FIN3O2S2. The van der Waals surface area contributed by atoms with E-state index in [2.05, 4.69) is 37.7 Å². The molecular weight excluding hydrogens is 524 g/mol. The van der Waals surface area contributed by atoms with Gasteiger partial charge in [-0.25, -0.2) is 21.9 Å². The lowest BCUT2D eigenvalue weighted by Crippen LogP contribution is -2.52. The third-order valence-corrected chi connectivity index (χ3v) is 10.5. The molecule has 0 amide bonds. The molecule has 1 aliphatic carbocycles. The zero-order valence-electron chi connectivity index (χ0n) is 17.7. The molecule has 0 aromatic heterocycles. The van der Waals surface area contributed by atoms with E-state index in [0.29, 0.717) is 0 Å². The average molecular weight is 554 g/mol. The van der Waals surface area contributed by atoms with E-state index < -0.39 is 41.6 Å². The van der Waals surface area contributed by atoms with Crippen molar-refractivity contribution in [2.24, 2.45) is 4.36 Å². The lowest BCUT2D eigenvalue weighted by Gasteiger charge is -2.37. The van der Waals surface area contributed by atoms with Crippen LogP contribution in [0.15, 0.2) is 22.6 Å². The van der Waals surface area contributed by atoms with Gasteiger partial charge in [-0.05, 0) is 95.2 Å². The van der Waals surface area contributed by atoms with Gasteiger partial charge in [0.2, 0.25) is 0 Å². The molecule has 1 saturated carbocycles. The van der Waals surface area contributed by atoms with Crippen LogP contribution in [0.5, 0.6) is 0 Å². The van der Waals surface area contributed by atoms with Gasteiger partial charge in [-0.1, -0.05) is 0 Å². The fraction of sp³-hybridized carbons (Fsp3) is 0.650. The van der Waals surface area contributed by atoms with Crippen LogP contribution in [-0.2, 0) is 26.3 Å². The highest BCUT2D eigenvalue weighted by molar-refractivity contribution is 14.1. The van der Waals surface area contributed by atoms with Crippen LogP contribution >= 0.6 is 22.6 Å². The summed E-state index contributed by atoms with van der Waals surface area (Å²) in [6.45, 7) is 10.3. The Morgan fingerprint density at radius 3 is 2.38 bits per heavy atom. The van der Waals surface area contributed by atoms with Crippen molar-refractivity contribution in [3.8, 4) is 6.07 Å². The highest BCUT2D eigenvalue weighted by atomic mass is 127. The van der Waals surface area contributed by atoms with E-state index in [1.807, 2.05) is 20.8 Å². The highest BCUT2D eigenvalue weighted by Gasteiger charge is 2.44. The quantitative estimate of drug-likeness (QED) is 0.500. The Labute approximate surface area is 190 Å². The molecule has 1 N–H and O–H groups in total. The second-order valence-electron chi connectivity index (χ2n) is 9.18. The summed E-state index contributed by atoms with van der Waals surface area (Å²) >= 11 is 2.09. The zero-order valence-corrected chi connectivity index (χ0v) is 21.5. The van der Waals surface area contributed by atoms with Crippen molar-refractivity contribution in [3.63, 3.8) is 0 Å². The molecule has 29 heavy (non-hydrogen) atoms. The van der Waals surface area contributed by atoms with Crippen LogP contribution in [0.1, 0.15) is 59.9 Å². The zero-order chi connectivity index (χ0) is 22.3. The molecule has 0 bridgehead atoms. The molecule has 5 nitrogen and oxygen atoms in total. The van der Waals surface area contributed by atoms with Gasteiger partial charge in [-0.2, -0.15) is 5.26 Å². The molecule has 0 radical (unpaired) electrons. The number of nitrogens with one attached hydrogen (secondary N) is 1. The van der Waals surface area contributed by atoms with Gasteiger partial charge in [0, 0.05) is 9.13 Å². The number of hydrogen-bond acceptors (Lipinski definition) is 4. The van der Waals surface area contributed by atoms with Crippen LogP contribution < -0.4 is 4.72 Å². The van der Waals surface area contributed by atoms with E-state index in [1.54, 1.807) is 32.9 Å². The molecule has 0 aliphatic heterocycles. The molecule has 1 aromatic rings. The second-order valence-corrected chi connectivity index (χ2v) is 15.2. The molecule has 2 rings (SSSR count). The van der Waals surface area contributed by atoms with Crippen molar-refractivity contribution >= 4 is 43.3 Å². The number of halogens is 2. The third kappa shape index (κ3) is 5.77. The van der Waals surface area contributed by atoms with Crippen LogP contribution in [0.25, 0.3) is 0 Å². The van der Waals surface area contributed by atoms with Gasteiger partial charge >= 0.3 is 0 Å². The first-order valence-corrected chi connectivity index (χ1v) is 13.3. The summed E-state index contributed by atoms with van der Waals surface area (Å²) in [4.78, 5) is 0. The predicted molar refractivity (Wildman–Crippen MR) is 126 cm³/mol. The summed E-state index contributed by atoms with van der Waals surface area (Å²) in [6, 6.07) is 6.76. The van der Waals surface area contributed by atoms with E-state index >= 15 is 0 Å². The molecule has 1 unspecified atom stereocenters. The summed E-state index contributed by atoms with van der Waals surface area (Å²) in [5.74, 6) is -0.593. The van der Waals surface area contributed by atoms with Crippen molar-refractivity contribution in [2.75, 3.05) is 5.75 Å². The number of rotatable bonds is 7. The van der Waals surface area contributed by atoms with E-state index in [9.17, 15) is 18.1 Å². The second kappa shape index (κ2) is 8.52. The molecule has 0 saturated heterocycles. The average Bonchev–Trinajstić information content (AvgIpc) is 3.39. The summed E-state index contributed by atoms with van der Waals surface area (Å²) in [6.07, 6.45) is 1.68. The van der Waals surface area contributed by atoms with Crippen molar-refractivity contribution in [1.82, 2.24) is 4.72 Å². The molecule has 0 spiro atoms. The fourth-order valence-electron chi connectivity index (χ4n) is 2.67. The predicted octanol–water partition coefficient (Wildman–Crippen LogP) is 4.63. The van der Waals surface area contributed by atoms with Gasteiger partial charge in [-0.15, -0.1) is 0 Å². The number of nitriles is 1. The maximum Gasteiger partial charge on any atom is 0.135 e. The Bertz CT molecular complexity index is 971. The maximum atomic E-state index is 14.9. The Morgan fingerprint density at radius 1 is 1.31 bits per heavy atom. The summed E-state index contributed by atoms with van der Waals surface area (Å²) in [7, 11) is -4.63. The van der Waals surface area contributed by atoms with Gasteiger partial charge in [0.1, 0.15) is 10.6 Å². The smallest absolute Gasteiger partial charge is 0.135 e. The minimum atomic E-state index is -3.08. The molecule has 162 valence electrons. The van der Waals surface area contributed by atoms with Gasteiger partial charge in [0.25, 0.3) is 0 Å². The van der Waals surface area contributed by atoms with Crippen LogP contribution in [0.4, 0.5) is 4.39 Å². The van der Waals surface area contributed by atoms with Crippen molar-refractivity contribution < 1.29 is 12.8 Å². The summed E-state index contributed by atoms with van der Waals surface area (Å²) in [5.41, 5.74) is -0.970. The van der Waals surface area contributed by atoms with Gasteiger partial charge in [-0.3, -0.25) is 0 Å². The molecule has 3 atom stereocenters. The lowest BCUT2D eigenvalue weighted by molar-refractivity contribution is 0.456. The largest absolute Gasteiger partial charge is 0.248 e. The van der Waals surface area contributed by atoms with E-state index in [4.69, 9.17) is 0 Å². The van der Waals surface area contributed by atoms with Crippen molar-refractivity contribution in [1.29, 1.82) is 5.26 Å². The van der Waals surface area contributed by atoms with E-state index in [0.717, 1.165) is 16.4 Å². The van der Waals surface area contributed by atoms with E-state index in [1.165, 1.54) is 6.07 Å². The number of nitrogens with zero attached hydrogens (tertiary/aromatic N) is 2. The summed E-state index contributed by atoms with van der Waals surface area (Å²) < 4.78 is 48.5. The third-order valence-electron chi connectivity index (χ3n) is 4.81. The number of hydrogen-bond donors (Lipinski definition) is 1. The monoisotopic (exact) mass is 553 g/mol. The Kier molecular flexibility index (Phi) is 7.25. The van der Waals surface area contributed by atoms with Gasteiger partial charge < -0.3 is 0 Å². The summed E-state index contributed by atoms with van der Waals surface area (Å²) in [5, 5.41) is 9.70. The Morgan fingerprint density at radius 2 is 1.90 bits per heavy atom.